The molecule has 3 atom stereocenters. The summed E-state index contributed by atoms with van der Waals surface area (Å²) in [6, 6.07) is 21.9. The molecular formula is C42H53N5O6. The molecule has 282 valence electrons. The van der Waals surface area contributed by atoms with Crippen LogP contribution in [0.15, 0.2) is 66.7 Å². The van der Waals surface area contributed by atoms with Gasteiger partial charge in [0.25, 0.3) is 6.09 Å². The highest BCUT2D eigenvalue weighted by Crippen LogP contribution is 2.46. The summed E-state index contributed by atoms with van der Waals surface area (Å²) in [5.41, 5.74) is 4.54. The fourth-order valence-electron chi connectivity index (χ4n) is 9.70. The summed E-state index contributed by atoms with van der Waals surface area (Å²) in [7, 11) is 0. The number of benzene rings is 3. The SMILES string of the molecule is Cc1cc(C[N@+]2(C(=O)[O-])CCC(N3CCc4ccccc4NC3=O)CC2(CC=O)N2CCC(N3CCOCC3)CC2)cc(C)c1OCc1ccccc1. The van der Waals surface area contributed by atoms with Gasteiger partial charge in [-0.25, -0.2) is 4.79 Å². The van der Waals surface area contributed by atoms with E-state index in [-0.39, 0.29) is 31.6 Å². The quantitative estimate of drug-likeness (QED) is 0.233. The minimum atomic E-state index is -1.19. The van der Waals surface area contributed by atoms with Crippen LogP contribution in [0.1, 0.15) is 59.9 Å². The number of nitrogens with zero attached hydrogens (tertiary/aromatic N) is 4. The summed E-state index contributed by atoms with van der Waals surface area (Å²) in [6.07, 6.45) is 2.96. The molecule has 3 saturated heterocycles. The Morgan fingerprint density at radius 1 is 0.943 bits per heavy atom. The number of carbonyl (C=O) groups excluding carboxylic acids is 3. The number of ether oxygens (including phenoxy) is 2. The summed E-state index contributed by atoms with van der Waals surface area (Å²) in [5, 5.41) is 17.1. The third-order valence-corrected chi connectivity index (χ3v) is 12.4. The maximum atomic E-state index is 14.0. The molecule has 0 radical (unpaired) electrons. The number of hydrogen-bond acceptors (Lipinski definition) is 8. The molecule has 0 bridgehead atoms. The number of aryl methyl sites for hydroxylation is 2. The minimum absolute atomic E-state index is 0.0195. The first-order valence-corrected chi connectivity index (χ1v) is 19.2. The Balaban J connectivity index is 1.22. The Bertz CT molecular complexity index is 1750. The van der Waals surface area contributed by atoms with Crippen LogP contribution in [-0.2, 0) is 29.1 Å². The molecule has 0 saturated carbocycles. The van der Waals surface area contributed by atoms with Crippen molar-refractivity contribution in [2.45, 2.75) is 83.3 Å². The number of piperidine rings is 2. The predicted molar refractivity (Wildman–Crippen MR) is 200 cm³/mol. The average molecular weight is 724 g/mol. The number of anilines is 1. The van der Waals surface area contributed by atoms with Gasteiger partial charge >= 0.3 is 6.03 Å². The van der Waals surface area contributed by atoms with E-state index in [0.29, 0.717) is 51.5 Å². The van der Waals surface area contributed by atoms with Crippen molar-refractivity contribution in [3.8, 4) is 5.75 Å². The smallest absolute Gasteiger partial charge is 0.322 e. The van der Waals surface area contributed by atoms with Crippen LogP contribution >= 0.6 is 0 Å². The number of morpholine rings is 1. The zero-order valence-corrected chi connectivity index (χ0v) is 31.1. The monoisotopic (exact) mass is 723 g/mol. The first-order chi connectivity index (χ1) is 25.7. The topological polar surface area (TPSA) is 114 Å². The lowest BCUT2D eigenvalue weighted by Crippen LogP contribution is -2.80. The van der Waals surface area contributed by atoms with E-state index in [4.69, 9.17) is 9.47 Å². The van der Waals surface area contributed by atoms with E-state index >= 15 is 0 Å². The molecule has 4 aliphatic heterocycles. The lowest BCUT2D eigenvalue weighted by molar-refractivity contribution is -0.956. The minimum Gasteiger partial charge on any atom is -0.498 e. The third-order valence-electron chi connectivity index (χ3n) is 12.4. The fourth-order valence-corrected chi connectivity index (χ4v) is 9.70. The number of urea groups is 1. The Morgan fingerprint density at radius 3 is 2.34 bits per heavy atom. The van der Waals surface area contributed by atoms with Crippen LogP contribution in [0.2, 0.25) is 0 Å². The van der Waals surface area contributed by atoms with Gasteiger partial charge in [-0.15, -0.1) is 0 Å². The predicted octanol–water partition coefficient (Wildman–Crippen LogP) is 4.88. The number of amides is 3. The summed E-state index contributed by atoms with van der Waals surface area (Å²) in [6.45, 7) is 9.85. The molecule has 2 unspecified atom stereocenters. The van der Waals surface area contributed by atoms with Gasteiger partial charge in [-0.1, -0.05) is 48.5 Å². The Kier molecular flexibility index (Phi) is 11.2. The van der Waals surface area contributed by atoms with Gasteiger partial charge in [-0.3, -0.25) is 14.3 Å². The number of para-hydroxylation sites is 1. The van der Waals surface area contributed by atoms with Crippen LogP contribution in [0.5, 0.6) is 5.75 Å². The molecule has 11 nitrogen and oxygen atoms in total. The van der Waals surface area contributed by atoms with Crippen molar-refractivity contribution >= 4 is 24.1 Å². The lowest BCUT2D eigenvalue weighted by atomic mass is 9.81. The number of carbonyl (C=O) groups is 3. The molecule has 3 fully saturated rings. The van der Waals surface area contributed by atoms with Crippen LogP contribution in [0.4, 0.5) is 15.3 Å². The largest absolute Gasteiger partial charge is 0.498 e. The average Bonchev–Trinajstić information content (AvgIpc) is 3.34. The number of fused-ring (bicyclic) bond motifs is 1. The van der Waals surface area contributed by atoms with Crippen LogP contribution in [-0.4, -0.2) is 108 Å². The maximum Gasteiger partial charge on any atom is 0.322 e. The summed E-state index contributed by atoms with van der Waals surface area (Å²) >= 11 is 0. The molecule has 7 rings (SSSR count). The zero-order valence-electron chi connectivity index (χ0n) is 31.1. The van der Waals surface area contributed by atoms with Gasteiger partial charge in [0.1, 0.15) is 25.2 Å². The van der Waals surface area contributed by atoms with E-state index < -0.39 is 16.2 Å². The number of quaternary nitrogens is 1. The van der Waals surface area contributed by atoms with E-state index in [1.54, 1.807) is 0 Å². The fraction of sp³-hybridized carbons (Fsp3) is 0.500. The molecule has 0 aromatic heterocycles. The van der Waals surface area contributed by atoms with Crippen molar-refractivity contribution < 1.29 is 33.4 Å². The summed E-state index contributed by atoms with van der Waals surface area (Å²) in [5.74, 6) is 0.786. The summed E-state index contributed by atoms with van der Waals surface area (Å²) in [4.78, 5) is 47.4. The van der Waals surface area contributed by atoms with E-state index in [1.165, 1.54) is 0 Å². The molecule has 3 amide bonds. The Hall–Kier alpha value is -4.29. The number of carboxylic acid groups (broad SMARTS) is 1. The lowest BCUT2D eigenvalue weighted by Gasteiger charge is -2.62. The highest BCUT2D eigenvalue weighted by Gasteiger charge is 2.61. The van der Waals surface area contributed by atoms with Crippen molar-refractivity contribution in [1.29, 1.82) is 0 Å². The molecule has 11 heteroatoms. The second-order valence-corrected chi connectivity index (χ2v) is 15.3. The molecule has 4 heterocycles. The van der Waals surface area contributed by atoms with Gasteiger partial charge in [0.15, 0.2) is 5.66 Å². The first-order valence-electron chi connectivity index (χ1n) is 19.2. The van der Waals surface area contributed by atoms with Gasteiger partial charge in [-0.2, -0.15) is 0 Å². The molecule has 4 aliphatic rings. The van der Waals surface area contributed by atoms with Crippen LogP contribution in [0, 0.1) is 13.8 Å². The normalized spacial score (nSPS) is 26.0. The van der Waals surface area contributed by atoms with Gasteiger partial charge in [-0.05, 0) is 73.6 Å². The van der Waals surface area contributed by atoms with E-state index in [9.17, 15) is 19.5 Å². The highest BCUT2D eigenvalue weighted by atomic mass is 16.5. The van der Waals surface area contributed by atoms with Gasteiger partial charge in [0.05, 0.1) is 26.2 Å². The molecule has 0 spiro atoms. The molecule has 3 aromatic rings. The number of likely N-dealkylation sites (tertiary alicyclic amines) is 2. The number of rotatable bonds is 10. The van der Waals surface area contributed by atoms with Gasteiger partial charge < -0.3 is 34.4 Å². The molecule has 1 N–H and O–H groups in total. The molecule has 0 aliphatic carbocycles. The molecule has 3 aromatic carbocycles. The Morgan fingerprint density at radius 2 is 1.64 bits per heavy atom. The second-order valence-electron chi connectivity index (χ2n) is 15.3. The van der Waals surface area contributed by atoms with Crippen molar-refractivity contribution in [1.82, 2.24) is 14.7 Å². The molecular weight excluding hydrogens is 670 g/mol. The second kappa shape index (κ2) is 16.0. The molecule has 53 heavy (non-hydrogen) atoms. The number of hydrogen-bond donors (Lipinski definition) is 1. The third kappa shape index (κ3) is 7.45. The van der Waals surface area contributed by atoms with E-state index in [2.05, 4.69) is 15.1 Å². The zero-order chi connectivity index (χ0) is 37.0. The van der Waals surface area contributed by atoms with Crippen LogP contribution in [0.25, 0.3) is 0 Å². The maximum absolute atomic E-state index is 14.0. The first kappa shape index (κ1) is 37.0. The van der Waals surface area contributed by atoms with E-state index in [0.717, 1.165) is 84.7 Å². The van der Waals surface area contributed by atoms with Crippen molar-refractivity contribution in [2.75, 3.05) is 57.8 Å². The number of aldehydes is 1. The van der Waals surface area contributed by atoms with Gasteiger partial charge in [0, 0.05) is 68.9 Å². The van der Waals surface area contributed by atoms with E-state index in [1.807, 2.05) is 85.5 Å². The van der Waals surface area contributed by atoms with Crippen molar-refractivity contribution in [3.05, 3.63) is 94.5 Å². The number of nitrogens with one attached hydrogen (secondary N) is 1. The Labute approximate surface area is 313 Å². The van der Waals surface area contributed by atoms with Crippen molar-refractivity contribution in [3.63, 3.8) is 0 Å². The van der Waals surface area contributed by atoms with Crippen LogP contribution in [0.3, 0.4) is 0 Å². The summed E-state index contributed by atoms with van der Waals surface area (Å²) < 4.78 is 11.5. The standard InChI is InChI=1S/C42H53N5O6/c1-31-26-34(27-32(2)39(31)53-30-33-8-4-3-5-9-33)29-47(41(50)51)22-15-37(46-19-12-35-10-6-7-11-38(35)43-40(46)49)28-42(47,16-23-48)45-17-13-36(14-18-45)44-20-24-52-25-21-44/h3-11,23,26-27,36-37H,12-22,24-25,28-30H2,1-2H3,(H-,43,49,50,51)/t37?,42?,47-/m0/s1. The van der Waals surface area contributed by atoms with Gasteiger partial charge in [0.2, 0.25) is 0 Å². The van der Waals surface area contributed by atoms with Crippen molar-refractivity contribution in [2.24, 2.45) is 0 Å². The highest BCUT2D eigenvalue weighted by molar-refractivity contribution is 5.91. The van der Waals surface area contributed by atoms with Crippen LogP contribution < -0.4 is 15.2 Å².